The number of nitrogens with one attached hydrogen (secondary N) is 1. The summed E-state index contributed by atoms with van der Waals surface area (Å²) in [6.45, 7) is 0.189. The molecular formula is C12H15ClN2O3. The van der Waals surface area contributed by atoms with E-state index in [0.29, 0.717) is 29.1 Å². The number of hydrogen-bond acceptors (Lipinski definition) is 4. The van der Waals surface area contributed by atoms with Gasteiger partial charge in [0.2, 0.25) is 5.91 Å². The smallest absolute Gasteiger partial charge is 0.338 e. The van der Waals surface area contributed by atoms with Crippen molar-refractivity contribution in [3.8, 4) is 0 Å². The van der Waals surface area contributed by atoms with Crippen LogP contribution in [0, 0.1) is 0 Å². The second-order valence-electron chi connectivity index (χ2n) is 3.65. The van der Waals surface area contributed by atoms with E-state index in [4.69, 9.17) is 22.1 Å². The average Bonchev–Trinajstić information content (AvgIpc) is 2.37. The zero-order valence-electron chi connectivity index (χ0n) is 10.0. The van der Waals surface area contributed by atoms with Gasteiger partial charge in [-0.25, -0.2) is 4.79 Å². The summed E-state index contributed by atoms with van der Waals surface area (Å²) in [6, 6.07) is 4.55. The predicted molar refractivity (Wildman–Crippen MR) is 69.4 cm³/mol. The van der Waals surface area contributed by atoms with Gasteiger partial charge in [0.15, 0.2) is 0 Å². The van der Waals surface area contributed by atoms with E-state index in [-0.39, 0.29) is 12.5 Å². The lowest BCUT2D eigenvalue weighted by Gasteiger charge is -2.05. The van der Waals surface area contributed by atoms with Gasteiger partial charge in [-0.3, -0.25) is 4.79 Å². The Morgan fingerprint density at radius 1 is 1.44 bits per heavy atom. The summed E-state index contributed by atoms with van der Waals surface area (Å²) in [4.78, 5) is 22.5. The molecule has 0 unspecified atom stereocenters. The van der Waals surface area contributed by atoms with Gasteiger partial charge in [0, 0.05) is 13.5 Å². The first-order valence-corrected chi connectivity index (χ1v) is 5.85. The maximum Gasteiger partial charge on any atom is 0.338 e. The normalized spacial score (nSPS) is 9.89. The number of rotatable bonds is 5. The quantitative estimate of drug-likeness (QED) is 0.484. The van der Waals surface area contributed by atoms with E-state index in [9.17, 15) is 9.59 Å². The van der Waals surface area contributed by atoms with Crippen LogP contribution in [0.3, 0.4) is 0 Å². The molecular weight excluding hydrogens is 256 g/mol. The molecule has 0 aliphatic rings. The van der Waals surface area contributed by atoms with Gasteiger partial charge in [-0.2, -0.15) is 0 Å². The van der Waals surface area contributed by atoms with Crippen LogP contribution in [0.4, 0.5) is 5.69 Å². The van der Waals surface area contributed by atoms with Gasteiger partial charge in [-0.1, -0.05) is 11.6 Å². The maximum absolute atomic E-state index is 11.6. The number of benzene rings is 1. The molecule has 3 N–H and O–H groups in total. The minimum atomic E-state index is -0.478. The fourth-order valence-electron chi connectivity index (χ4n) is 1.26. The van der Waals surface area contributed by atoms with E-state index in [1.54, 1.807) is 19.2 Å². The molecule has 6 heteroatoms. The molecule has 0 saturated carbocycles. The molecule has 0 spiro atoms. The Kier molecular flexibility index (Phi) is 5.45. The van der Waals surface area contributed by atoms with Crippen molar-refractivity contribution >= 4 is 29.2 Å². The van der Waals surface area contributed by atoms with E-state index in [1.165, 1.54) is 6.07 Å². The molecule has 0 radical (unpaired) electrons. The molecule has 0 aliphatic heterocycles. The van der Waals surface area contributed by atoms with Gasteiger partial charge in [0.05, 0.1) is 22.9 Å². The van der Waals surface area contributed by atoms with E-state index in [2.05, 4.69) is 5.32 Å². The lowest BCUT2D eigenvalue weighted by Crippen LogP contribution is -2.18. The number of esters is 1. The average molecular weight is 271 g/mol. The summed E-state index contributed by atoms with van der Waals surface area (Å²) in [5, 5.41) is 2.80. The zero-order valence-corrected chi connectivity index (χ0v) is 10.8. The number of carbonyl (C=O) groups excluding carboxylic acids is 2. The van der Waals surface area contributed by atoms with Crippen molar-refractivity contribution in [1.82, 2.24) is 5.32 Å². The molecule has 0 heterocycles. The summed E-state index contributed by atoms with van der Waals surface area (Å²) in [7, 11) is 1.56. The maximum atomic E-state index is 11.6. The molecule has 5 nitrogen and oxygen atoms in total. The first-order valence-electron chi connectivity index (χ1n) is 5.47. The van der Waals surface area contributed by atoms with Gasteiger partial charge >= 0.3 is 5.97 Å². The van der Waals surface area contributed by atoms with Crippen LogP contribution in [0.25, 0.3) is 0 Å². The minimum Gasteiger partial charge on any atom is -0.462 e. The Bertz CT molecular complexity index is 449. The van der Waals surface area contributed by atoms with Crippen LogP contribution in [0.15, 0.2) is 18.2 Å². The molecule has 0 bridgehead atoms. The Labute approximate surface area is 110 Å². The van der Waals surface area contributed by atoms with Gasteiger partial charge < -0.3 is 15.8 Å². The molecule has 18 heavy (non-hydrogen) atoms. The minimum absolute atomic E-state index is 0.0819. The number of nitrogens with two attached hydrogens (primary N) is 1. The third kappa shape index (κ3) is 4.25. The zero-order chi connectivity index (χ0) is 13.5. The van der Waals surface area contributed by atoms with Crippen LogP contribution in [0.1, 0.15) is 23.2 Å². The molecule has 0 atom stereocenters. The van der Waals surface area contributed by atoms with Crippen LogP contribution >= 0.6 is 11.6 Å². The van der Waals surface area contributed by atoms with E-state index in [1.807, 2.05) is 0 Å². The Balaban J connectivity index is 2.41. The summed E-state index contributed by atoms with van der Waals surface area (Å²) >= 11 is 5.79. The van der Waals surface area contributed by atoms with Crippen molar-refractivity contribution < 1.29 is 14.3 Å². The summed E-state index contributed by atoms with van der Waals surface area (Å²) in [6.07, 6.45) is 0.806. The highest BCUT2D eigenvalue weighted by Crippen LogP contribution is 2.20. The number of ether oxygens (including phenoxy) is 1. The molecule has 0 aliphatic carbocycles. The number of amides is 1. The number of halogens is 1. The SMILES string of the molecule is CNC(=O)CCCOC(=O)c1ccc(N)c(Cl)c1. The molecule has 0 aromatic heterocycles. The van der Waals surface area contributed by atoms with Crippen molar-refractivity contribution in [2.24, 2.45) is 0 Å². The molecule has 0 fully saturated rings. The van der Waals surface area contributed by atoms with Crippen molar-refractivity contribution in [1.29, 1.82) is 0 Å². The molecule has 98 valence electrons. The second kappa shape index (κ2) is 6.86. The van der Waals surface area contributed by atoms with E-state index < -0.39 is 5.97 Å². The Morgan fingerprint density at radius 2 is 2.17 bits per heavy atom. The molecule has 1 aromatic carbocycles. The highest BCUT2D eigenvalue weighted by Gasteiger charge is 2.09. The molecule has 1 amide bonds. The third-order valence-corrected chi connectivity index (χ3v) is 2.62. The third-order valence-electron chi connectivity index (χ3n) is 2.30. The van der Waals surface area contributed by atoms with Crippen LogP contribution in [0.2, 0.25) is 5.02 Å². The van der Waals surface area contributed by atoms with Crippen molar-refractivity contribution in [2.75, 3.05) is 19.4 Å². The Hall–Kier alpha value is -1.75. The molecule has 1 aromatic rings. The lowest BCUT2D eigenvalue weighted by molar-refractivity contribution is -0.120. The van der Waals surface area contributed by atoms with Gasteiger partial charge in [-0.05, 0) is 24.6 Å². The van der Waals surface area contributed by atoms with E-state index >= 15 is 0 Å². The van der Waals surface area contributed by atoms with Gasteiger partial charge in [-0.15, -0.1) is 0 Å². The standard InChI is InChI=1S/C12H15ClN2O3/c1-15-11(16)3-2-6-18-12(17)8-4-5-10(14)9(13)7-8/h4-5,7H,2-3,6,14H2,1H3,(H,15,16). The summed E-state index contributed by atoms with van der Waals surface area (Å²) in [5.74, 6) is -0.560. The number of nitrogen functional groups attached to an aromatic ring is 1. The first kappa shape index (κ1) is 14.3. The highest BCUT2D eigenvalue weighted by atomic mass is 35.5. The molecule has 0 saturated heterocycles. The monoisotopic (exact) mass is 270 g/mol. The topological polar surface area (TPSA) is 81.4 Å². The largest absolute Gasteiger partial charge is 0.462 e. The predicted octanol–water partition coefficient (Wildman–Crippen LogP) is 1.61. The lowest BCUT2D eigenvalue weighted by atomic mass is 10.2. The molecule has 1 rings (SSSR count). The van der Waals surface area contributed by atoms with Crippen LogP contribution < -0.4 is 11.1 Å². The fraction of sp³-hybridized carbons (Fsp3) is 0.333. The van der Waals surface area contributed by atoms with Crippen LogP contribution in [0.5, 0.6) is 0 Å². The van der Waals surface area contributed by atoms with E-state index in [0.717, 1.165) is 0 Å². The number of hydrogen-bond donors (Lipinski definition) is 2. The van der Waals surface area contributed by atoms with Crippen LogP contribution in [-0.4, -0.2) is 25.5 Å². The fourth-order valence-corrected chi connectivity index (χ4v) is 1.44. The summed E-state index contributed by atoms with van der Waals surface area (Å²) in [5.41, 5.74) is 6.28. The number of anilines is 1. The first-order chi connectivity index (χ1) is 8.54. The van der Waals surface area contributed by atoms with Crippen LogP contribution in [-0.2, 0) is 9.53 Å². The van der Waals surface area contributed by atoms with Crippen molar-refractivity contribution in [2.45, 2.75) is 12.8 Å². The van der Waals surface area contributed by atoms with Crippen molar-refractivity contribution in [3.63, 3.8) is 0 Å². The highest BCUT2D eigenvalue weighted by molar-refractivity contribution is 6.33. The van der Waals surface area contributed by atoms with Gasteiger partial charge in [0.25, 0.3) is 0 Å². The summed E-state index contributed by atoms with van der Waals surface area (Å²) < 4.78 is 5.00. The van der Waals surface area contributed by atoms with Crippen molar-refractivity contribution in [3.05, 3.63) is 28.8 Å². The second-order valence-corrected chi connectivity index (χ2v) is 4.06. The van der Waals surface area contributed by atoms with Gasteiger partial charge in [0.1, 0.15) is 0 Å². The Morgan fingerprint density at radius 3 is 2.78 bits per heavy atom. The number of carbonyl (C=O) groups is 2.